The van der Waals surface area contributed by atoms with Crippen molar-refractivity contribution in [2.24, 2.45) is 0 Å². The summed E-state index contributed by atoms with van der Waals surface area (Å²) in [5, 5.41) is 8.59. The molecule has 0 aromatic heterocycles. The first-order valence-corrected chi connectivity index (χ1v) is 7.05. The summed E-state index contributed by atoms with van der Waals surface area (Å²) in [6.45, 7) is 0.946. The highest BCUT2D eigenvalue weighted by Crippen LogP contribution is 2.23. The molecule has 0 aliphatic heterocycles. The van der Waals surface area contributed by atoms with Gasteiger partial charge >= 0.3 is 0 Å². The second-order valence-electron chi connectivity index (χ2n) is 4.11. The Balaban J connectivity index is 1.76. The summed E-state index contributed by atoms with van der Waals surface area (Å²) in [7, 11) is 0. The van der Waals surface area contributed by atoms with Crippen molar-refractivity contribution in [2.45, 2.75) is 6.42 Å². The van der Waals surface area contributed by atoms with Crippen LogP contribution in [0, 0.1) is 11.3 Å². The van der Waals surface area contributed by atoms with E-state index in [0.717, 1.165) is 21.5 Å². The molecule has 2 aromatic rings. The van der Waals surface area contributed by atoms with E-state index in [9.17, 15) is 0 Å². The lowest BCUT2D eigenvalue weighted by molar-refractivity contribution is 0.216. The van der Waals surface area contributed by atoms with Gasteiger partial charge in [-0.05, 0) is 45.8 Å². The molecule has 0 amide bonds. The second kappa shape index (κ2) is 7.56. The molecule has 0 spiro atoms. The molecule has 0 radical (unpaired) electrons. The highest BCUT2D eigenvalue weighted by Gasteiger charge is 1.99. The molecule has 0 aliphatic rings. The van der Waals surface area contributed by atoms with Crippen LogP contribution in [0.4, 0.5) is 0 Å². The first-order chi connectivity index (χ1) is 9.79. The maximum absolute atomic E-state index is 8.59. The summed E-state index contributed by atoms with van der Waals surface area (Å²) in [6.07, 6.45) is 0.422. The second-order valence-corrected chi connectivity index (χ2v) is 4.96. The van der Waals surface area contributed by atoms with Crippen LogP contribution in [-0.2, 0) is 6.42 Å². The van der Waals surface area contributed by atoms with Crippen molar-refractivity contribution in [3.63, 3.8) is 0 Å². The zero-order chi connectivity index (χ0) is 14.2. The Morgan fingerprint density at radius 3 is 2.35 bits per heavy atom. The SMILES string of the molecule is N#CCc1ccc(OCCOc2ccccc2Br)cc1. The molecule has 0 unspecified atom stereocenters. The van der Waals surface area contributed by atoms with E-state index in [1.807, 2.05) is 48.5 Å². The van der Waals surface area contributed by atoms with E-state index >= 15 is 0 Å². The molecule has 0 fully saturated rings. The van der Waals surface area contributed by atoms with E-state index in [2.05, 4.69) is 22.0 Å². The highest BCUT2D eigenvalue weighted by atomic mass is 79.9. The van der Waals surface area contributed by atoms with E-state index in [4.69, 9.17) is 14.7 Å². The lowest BCUT2D eigenvalue weighted by Gasteiger charge is -2.09. The minimum Gasteiger partial charge on any atom is -0.490 e. The number of hydrogen-bond donors (Lipinski definition) is 0. The topological polar surface area (TPSA) is 42.2 Å². The van der Waals surface area contributed by atoms with Crippen LogP contribution < -0.4 is 9.47 Å². The normalized spacial score (nSPS) is 9.80. The molecular weight excluding hydrogens is 318 g/mol. The molecule has 0 saturated heterocycles. The van der Waals surface area contributed by atoms with Crippen LogP contribution in [0.1, 0.15) is 5.56 Å². The maximum Gasteiger partial charge on any atom is 0.133 e. The third-order valence-electron chi connectivity index (χ3n) is 2.65. The number of benzene rings is 2. The Kier molecular flexibility index (Phi) is 5.45. The van der Waals surface area contributed by atoms with Gasteiger partial charge in [0.15, 0.2) is 0 Å². The van der Waals surface area contributed by atoms with E-state index in [1.165, 1.54) is 0 Å². The molecule has 4 heteroatoms. The molecule has 0 heterocycles. The number of ether oxygens (including phenoxy) is 2. The quantitative estimate of drug-likeness (QED) is 0.752. The number of rotatable bonds is 6. The van der Waals surface area contributed by atoms with Crippen molar-refractivity contribution in [3.8, 4) is 17.6 Å². The number of nitriles is 1. The van der Waals surface area contributed by atoms with Gasteiger partial charge in [-0.15, -0.1) is 0 Å². The van der Waals surface area contributed by atoms with Gasteiger partial charge in [0.05, 0.1) is 17.0 Å². The minimum atomic E-state index is 0.422. The average molecular weight is 332 g/mol. The largest absolute Gasteiger partial charge is 0.490 e. The Morgan fingerprint density at radius 1 is 0.950 bits per heavy atom. The van der Waals surface area contributed by atoms with Crippen molar-refractivity contribution < 1.29 is 9.47 Å². The monoisotopic (exact) mass is 331 g/mol. The van der Waals surface area contributed by atoms with E-state index < -0.39 is 0 Å². The molecule has 0 N–H and O–H groups in total. The Labute approximate surface area is 126 Å². The van der Waals surface area contributed by atoms with Crippen molar-refractivity contribution in [2.75, 3.05) is 13.2 Å². The third kappa shape index (κ3) is 4.29. The lowest BCUT2D eigenvalue weighted by atomic mass is 10.2. The fraction of sp³-hybridized carbons (Fsp3) is 0.188. The standard InChI is InChI=1S/C16H14BrNO2/c17-15-3-1-2-4-16(15)20-12-11-19-14-7-5-13(6-8-14)9-10-18/h1-8H,9,11-12H2. The fourth-order valence-electron chi connectivity index (χ4n) is 1.67. The first-order valence-electron chi connectivity index (χ1n) is 6.25. The van der Waals surface area contributed by atoms with Gasteiger partial charge in [-0.1, -0.05) is 24.3 Å². The predicted molar refractivity (Wildman–Crippen MR) is 80.9 cm³/mol. The average Bonchev–Trinajstić information content (AvgIpc) is 2.47. The van der Waals surface area contributed by atoms with Gasteiger partial charge < -0.3 is 9.47 Å². The molecule has 2 aromatic carbocycles. The van der Waals surface area contributed by atoms with Crippen LogP contribution in [0.2, 0.25) is 0 Å². The van der Waals surface area contributed by atoms with Crippen LogP contribution in [0.15, 0.2) is 53.0 Å². The third-order valence-corrected chi connectivity index (χ3v) is 3.31. The van der Waals surface area contributed by atoms with Gasteiger partial charge in [0.2, 0.25) is 0 Å². The van der Waals surface area contributed by atoms with Gasteiger partial charge in [-0.3, -0.25) is 0 Å². The van der Waals surface area contributed by atoms with Crippen molar-refractivity contribution in [1.29, 1.82) is 5.26 Å². The van der Waals surface area contributed by atoms with Crippen molar-refractivity contribution >= 4 is 15.9 Å². The van der Waals surface area contributed by atoms with Crippen LogP contribution in [0.5, 0.6) is 11.5 Å². The lowest BCUT2D eigenvalue weighted by Crippen LogP contribution is -2.09. The smallest absolute Gasteiger partial charge is 0.133 e. The molecule has 0 saturated carbocycles. The van der Waals surface area contributed by atoms with Gasteiger partial charge in [0.1, 0.15) is 24.7 Å². The number of para-hydroxylation sites is 1. The van der Waals surface area contributed by atoms with Crippen molar-refractivity contribution in [3.05, 3.63) is 58.6 Å². The summed E-state index contributed by atoms with van der Waals surface area (Å²) >= 11 is 3.42. The van der Waals surface area contributed by atoms with E-state index in [0.29, 0.717) is 19.6 Å². The van der Waals surface area contributed by atoms with Crippen LogP contribution in [0.25, 0.3) is 0 Å². The molecule has 0 bridgehead atoms. The van der Waals surface area contributed by atoms with Gasteiger partial charge in [0.25, 0.3) is 0 Å². The fourth-order valence-corrected chi connectivity index (χ4v) is 2.07. The van der Waals surface area contributed by atoms with E-state index in [-0.39, 0.29) is 0 Å². The zero-order valence-electron chi connectivity index (χ0n) is 10.9. The molecule has 102 valence electrons. The summed E-state index contributed by atoms with van der Waals surface area (Å²) in [6, 6.07) is 17.3. The first kappa shape index (κ1) is 14.4. The van der Waals surface area contributed by atoms with Gasteiger partial charge in [-0.2, -0.15) is 5.26 Å². The van der Waals surface area contributed by atoms with Gasteiger partial charge in [-0.25, -0.2) is 0 Å². The highest BCUT2D eigenvalue weighted by molar-refractivity contribution is 9.10. The summed E-state index contributed by atoms with van der Waals surface area (Å²) in [5.74, 6) is 1.59. The minimum absolute atomic E-state index is 0.422. The predicted octanol–water partition coefficient (Wildman–Crippen LogP) is 3.97. The van der Waals surface area contributed by atoms with Crippen LogP contribution in [-0.4, -0.2) is 13.2 Å². The molecule has 0 atom stereocenters. The summed E-state index contributed by atoms with van der Waals surface area (Å²) < 4.78 is 12.1. The summed E-state index contributed by atoms with van der Waals surface area (Å²) in [5.41, 5.74) is 0.990. The Bertz CT molecular complexity index is 590. The molecule has 2 rings (SSSR count). The molecule has 3 nitrogen and oxygen atoms in total. The number of halogens is 1. The maximum atomic E-state index is 8.59. The molecular formula is C16H14BrNO2. The molecule has 0 aliphatic carbocycles. The Morgan fingerprint density at radius 2 is 1.65 bits per heavy atom. The van der Waals surface area contributed by atoms with Gasteiger partial charge in [0, 0.05) is 0 Å². The van der Waals surface area contributed by atoms with E-state index in [1.54, 1.807) is 0 Å². The Hall–Kier alpha value is -1.99. The van der Waals surface area contributed by atoms with Crippen LogP contribution in [0.3, 0.4) is 0 Å². The number of nitrogens with zero attached hydrogens (tertiary/aromatic N) is 1. The van der Waals surface area contributed by atoms with Crippen molar-refractivity contribution in [1.82, 2.24) is 0 Å². The summed E-state index contributed by atoms with van der Waals surface area (Å²) in [4.78, 5) is 0. The zero-order valence-corrected chi connectivity index (χ0v) is 12.5. The number of hydrogen-bond acceptors (Lipinski definition) is 3. The van der Waals surface area contributed by atoms with Crippen LogP contribution >= 0.6 is 15.9 Å². The molecule has 20 heavy (non-hydrogen) atoms.